The predicted octanol–water partition coefficient (Wildman–Crippen LogP) is 6.59. The van der Waals surface area contributed by atoms with E-state index < -0.39 is 0 Å². The first kappa shape index (κ1) is 27.1. The Labute approximate surface area is 215 Å². The summed E-state index contributed by atoms with van der Waals surface area (Å²) in [6.45, 7) is 14.1. The Morgan fingerprint density at radius 2 is 1.80 bits per heavy atom. The van der Waals surface area contributed by atoms with E-state index in [0.29, 0.717) is 12.8 Å². The fraction of sp³-hybridized carbons (Fsp3) is 0.467. The molecule has 1 unspecified atom stereocenters. The largest absolute Gasteiger partial charge is 0.353 e. The zero-order chi connectivity index (χ0) is 25.0. The van der Waals surface area contributed by atoms with Gasteiger partial charge in [-0.1, -0.05) is 69.3 Å². The molecule has 0 radical (unpaired) electrons. The normalized spacial score (nSPS) is 12.2. The number of fused-ring (bicyclic) bond motifs is 1. The van der Waals surface area contributed by atoms with Crippen LogP contribution in [0.2, 0.25) is 0 Å². The molecule has 0 fully saturated rings. The molecule has 35 heavy (non-hydrogen) atoms. The topological polar surface area (TPSA) is 45.2 Å². The van der Waals surface area contributed by atoms with Crippen LogP contribution in [0.5, 0.6) is 0 Å². The van der Waals surface area contributed by atoms with Crippen LogP contribution < -0.4 is 5.32 Å². The Morgan fingerprint density at radius 1 is 1.06 bits per heavy atom. The maximum Gasteiger partial charge on any atom is 0.220 e. The molecule has 0 saturated carbocycles. The van der Waals surface area contributed by atoms with E-state index in [1.807, 2.05) is 6.07 Å². The third kappa shape index (κ3) is 8.90. The summed E-state index contributed by atoms with van der Waals surface area (Å²) in [7, 11) is 0. The van der Waals surface area contributed by atoms with Gasteiger partial charge in [0.1, 0.15) is 0 Å². The van der Waals surface area contributed by atoms with E-state index in [0.717, 1.165) is 62.3 Å². The summed E-state index contributed by atoms with van der Waals surface area (Å²) >= 11 is 1.71. The van der Waals surface area contributed by atoms with Gasteiger partial charge in [-0.25, -0.2) is 4.98 Å². The van der Waals surface area contributed by atoms with E-state index in [4.69, 9.17) is 4.98 Å². The highest BCUT2D eigenvalue weighted by molar-refractivity contribution is 7.18. The molecule has 0 bridgehead atoms. The molecule has 2 aromatic carbocycles. The summed E-state index contributed by atoms with van der Waals surface area (Å²) in [5.74, 6) is 0.0891. The lowest BCUT2D eigenvalue weighted by Gasteiger charge is -2.25. The van der Waals surface area contributed by atoms with Crippen molar-refractivity contribution in [3.63, 3.8) is 0 Å². The molecule has 0 spiro atoms. The Kier molecular flexibility index (Phi) is 11.0. The standard InChI is InChI=1S/C30H41N3OS/c1-5-17-33(18-6-2)22-23(4)19-26(20-25-11-9-8-10-12-25)31-29(34)15-16-30-32-27-14-13-24(7-3)21-28(27)35-30/h8-14,21,26H,4-7,15-20,22H2,1-3H3,(H,31,34). The van der Waals surface area contributed by atoms with Crippen molar-refractivity contribution < 1.29 is 4.79 Å². The molecule has 1 N–H and O–H groups in total. The fourth-order valence-corrected chi connectivity index (χ4v) is 5.60. The summed E-state index contributed by atoms with van der Waals surface area (Å²) in [6, 6.07) is 16.9. The molecule has 0 aliphatic carbocycles. The molecule has 4 nitrogen and oxygen atoms in total. The number of carbonyl (C=O) groups excluding carboxylic acids is 1. The van der Waals surface area contributed by atoms with Crippen molar-refractivity contribution in [2.24, 2.45) is 0 Å². The van der Waals surface area contributed by atoms with Gasteiger partial charge >= 0.3 is 0 Å². The third-order valence-electron chi connectivity index (χ3n) is 6.22. The molecule has 3 aromatic rings. The third-order valence-corrected chi connectivity index (χ3v) is 7.30. The van der Waals surface area contributed by atoms with Gasteiger partial charge in [-0.2, -0.15) is 0 Å². The van der Waals surface area contributed by atoms with Crippen LogP contribution in [-0.4, -0.2) is 41.5 Å². The number of hydrogen-bond donors (Lipinski definition) is 1. The highest BCUT2D eigenvalue weighted by Gasteiger charge is 2.17. The molecular weight excluding hydrogens is 450 g/mol. The molecule has 5 heteroatoms. The van der Waals surface area contributed by atoms with Crippen molar-refractivity contribution in [1.82, 2.24) is 15.2 Å². The fourth-order valence-electron chi connectivity index (χ4n) is 4.57. The van der Waals surface area contributed by atoms with E-state index in [9.17, 15) is 4.79 Å². The Hall–Kier alpha value is -2.50. The summed E-state index contributed by atoms with van der Waals surface area (Å²) < 4.78 is 1.21. The number of nitrogens with one attached hydrogen (secondary N) is 1. The Morgan fingerprint density at radius 3 is 2.49 bits per heavy atom. The average Bonchev–Trinajstić information content (AvgIpc) is 3.25. The zero-order valence-electron chi connectivity index (χ0n) is 21.7. The first-order valence-corrected chi connectivity index (χ1v) is 13.9. The lowest BCUT2D eigenvalue weighted by atomic mass is 9.99. The number of thiazole rings is 1. The van der Waals surface area contributed by atoms with Crippen LogP contribution in [0.25, 0.3) is 10.2 Å². The first-order valence-electron chi connectivity index (χ1n) is 13.1. The summed E-state index contributed by atoms with van der Waals surface area (Å²) in [4.78, 5) is 20.2. The number of aromatic nitrogens is 1. The van der Waals surface area contributed by atoms with Crippen LogP contribution in [0.1, 0.15) is 62.6 Å². The first-order chi connectivity index (χ1) is 17.0. The van der Waals surface area contributed by atoms with Gasteiger partial charge in [-0.3, -0.25) is 9.69 Å². The second-order valence-electron chi connectivity index (χ2n) is 9.45. The van der Waals surface area contributed by atoms with Crippen LogP contribution in [0, 0.1) is 0 Å². The van der Waals surface area contributed by atoms with Gasteiger partial charge in [0.05, 0.1) is 15.2 Å². The van der Waals surface area contributed by atoms with E-state index in [1.54, 1.807) is 11.3 Å². The van der Waals surface area contributed by atoms with E-state index in [2.05, 4.69) is 80.0 Å². The lowest BCUT2D eigenvalue weighted by molar-refractivity contribution is -0.121. The number of benzene rings is 2. The molecule has 1 aromatic heterocycles. The van der Waals surface area contributed by atoms with Crippen molar-refractivity contribution in [3.05, 3.63) is 76.8 Å². The highest BCUT2D eigenvalue weighted by Crippen LogP contribution is 2.24. The van der Waals surface area contributed by atoms with Crippen LogP contribution in [0.4, 0.5) is 0 Å². The quantitative estimate of drug-likeness (QED) is 0.244. The molecule has 3 rings (SSSR count). The van der Waals surface area contributed by atoms with E-state index >= 15 is 0 Å². The maximum atomic E-state index is 13.0. The van der Waals surface area contributed by atoms with Crippen molar-refractivity contribution in [2.45, 2.75) is 71.8 Å². The molecule has 1 amide bonds. The van der Waals surface area contributed by atoms with Crippen molar-refractivity contribution in [1.29, 1.82) is 0 Å². The molecule has 1 atom stereocenters. The Balaban J connectivity index is 1.60. The number of carbonyl (C=O) groups is 1. The van der Waals surface area contributed by atoms with Gasteiger partial charge < -0.3 is 5.32 Å². The monoisotopic (exact) mass is 491 g/mol. The van der Waals surface area contributed by atoms with Gasteiger partial charge in [-0.05, 0) is 68.5 Å². The molecule has 0 saturated heterocycles. The van der Waals surface area contributed by atoms with Crippen LogP contribution in [0.15, 0.2) is 60.7 Å². The number of nitrogens with zero attached hydrogens (tertiary/aromatic N) is 2. The van der Waals surface area contributed by atoms with E-state index in [1.165, 1.54) is 21.4 Å². The zero-order valence-corrected chi connectivity index (χ0v) is 22.5. The smallest absolute Gasteiger partial charge is 0.220 e. The summed E-state index contributed by atoms with van der Waals surface area (Å²) in [6.07, 6.45) is 6.04. The van der Waals surface area contributed by atoms with Crippen molar-refractivity contribution >= 4 is 27.5 Å². The number of rotatable bonds is 15. The SMILES string of the molecule is C=C(CC(Cc1ccccc1)NC(=O)CCc1nc2ccc(CC)cc2s1)CN(CCC)CCC. The molecule has 0 aliphatic rings. The molecular formula is C30H41N3OS. The van der Waals surface area contributed by atoms with Gasteiger partial charge in [0.15, 0.2) is 0 Å². The van der Waals surface area contributed by atoms with Crippen LogP contribution in [-0.2, 0) is 24.1 Å². The van der Waals surface area contributed by atoms with Gasteiger partial charge in [-0.15, -0.1) is 11.3 Å². The van der Waals surface area contributed by atoms with E-state index in [-0.39, 0.29) is 11.9 Å². The second-order valence-corrected chi connectivity index (χ2v) is 10.6. The number of amides is 1. The maximum absolute atomic E-state index is 13.0. The lowest BCUT2D eigenvalue weighted by Crippen LogP contribution is -2.38. The number of aryl methyl sites for hydroxylation is 2. The van der Waals surface area contributed by atoms with Crippen LogP contribution in [0.3, 0.4) is 0 Å². The Bertz CT molecular complexity index is 1070. The van der Waals surface area contributed by atoms with Crippen LogP contribution >= 0.6 is 11.3 Å². The van der Waals surface area contributed by atoms with Crippen molar-refractivity contribution in [3.8, 4) is 0 Å². The van der Waals surface area contributed by atoms with Gasteiger partial charge in [0.25, 0.3) is 0 Å². The minimum atomic E-state index is 0.0463. The minimum Gasteiger partial charge on any atom is -0.353 e. The van der Waals surface area contributed by atoms with Gasteiger partial charge in [0, 0.05) is 25.4 Å². The number of hydrogen-bond acceptors (Lipinski definition) is 4. The molecule has 0 aliphatic heterocycles. The summed E-state index contributed by atoms with van der Waals surface area (Å²) in [5, 5.41) is 4.34. The minimum absolute atomic E-state index is 0.0463. The average molecular weight is 492 g/mol. The van der Waals surface area contributed by atoms with Crippen molar-refractivity contribution in [2.75, 3.05) is 19.6 Å². The second kappa shape index (κ2) is 14.2. The molecule has 188 valence electrons. The summed E-state index contributed by atoms with van der Waals surface area (Å²) in [5.41, 5.74) is 4.78. The highest BCUT2D eigenvalue weighted by atomic mass is 32.1. The predicted molar refractivity (Wildman–Crippen MR) is 150 cm³/mol. The van der Waals surface area contributed by atoms with Gasteiger partial charge in [0.2, 0.25) is 5.91 Å². The molecule has 1 heterocycles.